The van der Waals surface area contributed by atoms with E-state index in [0.717, 1.165) is 38.8 Å². The lowest BCUT2D eigenvalue weighted by Crippen LogP contribution is -2.42. The summed E-state index contributed by atoms with van der Waals surface area (Å²) in [6.45, 7) is 7.88. The second-order valence-electron chi connectivity index (χ2n) is 8.52. The fourth-order valence-electron chi connectivity index (χ4n) is 3.58. The quantitative estimate of drug-likeness (QED) is 0.822. The summed E-state index contributed by atoms with van der Waals surface area (Å²) in [6.07, 6.45) is 5.79. The Hall–Kier alpha value is -2.16. The fourth-order valence-corrected chi connectivity index (χ4v) is 3.58. The number of rotatable bonds is 5. The van der Waals surface area contributed by atoms with Crippen LogP contribution in [-0.2, 0) is 20.8 Å². The number of ether oxygens (including phenoxy) is 2. The molecule has 0 aliphatic carbocycles. The van der Waals surface area contributed by atoms with Crippen molar-refractivity contribution in [2.45, 2.75) is 77.2 Å². The van der Waals surface area contributed by atoms with Crippen LogP contribution in [0.2, 0.25) is 0 Å². The van der Waals surface area contributed by atoms with Crippen LogP contribution in [0.15, 0.2) is 6.20 Å². The van der Waals surface area contributed by atoms with Crippen molar-refractivity contribution in [1.29, 1.82) is 0 Å². The number of hydrogen-bond donors (Lipinski definition) is 1. The predicted octanol–water partition coefficient (Wildman–Crippen LogP) is 2.04. The molecule has 1 N–H and O–H groups in total. The van der Waals surface area contributed by atoms with Gasteiger partial charge in [-0.15, -0.1) is 5.10 Å². The summed E-state index contributed by atoms with van der Waals surface area (Å²) in [4.78, 5) is 26.2. The highest BCUT2D eigenvalue weighted by Crippen LogP contribution is 2.23. The largest absolute Gasteiger partial charge is 0.444 e. The van der Waals surface area contributed by atoms with E-state index >= 15 is 0 Å². The molecule has 0 saturated carbocycles. The summed E-state index contributed by atoms with van der Waals surface area (Å²) in [7, 11) is 0. The Morgan fingerprint density at radius 2 is 2.14 bits per heavy atom. The van der Waals surface area contributed by atoms with Gasteiger partial charge in [0.1, 0.15) is 11.3 Å². The molecule has 0 radical (unpaired) electrons. The molecule has 2 unspecified atom stereocenters. The molecule has 2 saturated heterocycles. The van der Waals surface area contributed by atoms with Gasteiger partial charge in [0.2, 0.25) is 5.91 Å². The van der Waals surface area contributed by atoms with Crippen molar-refractivity contribution in [2.75, 3.05) is 19.7 Å². The van der Waals surface area contributed by atoms with E-state index in [1.165, 1.54) is 0 Å². The Labute approximate surface area is 165 Å². The highest BCUT2D eigenvalue weighted by molar-refractivity contribution is 5.76. The number of alkyl carbamates (subject to hydrolysis) is 1. The molecule has 2 aliphatic heterocycles. The van der Waals surface area contributed by atoms with Gasteiger partial charge in [-0.25, -0.2) is 9.48 Å². The molecule has 28 heavy (non-hydrogen) atoms. The first-order valence-electron chi connectivity index (χ1n) is 10.1. The summed E-state index contributed by atoms with van der Waals surface area (Å²) in [5, 5.41) is 11.0. The average Bonchev–Trinajstić information content (AvgIpc) is 3.30. The van der Waals surface area contributed by atoms with Crippen molar-refractivity contribution in [3.05, 3.63) is 11.9 Å². The maximum atomic E-state index is 12.6. The maximum absolute atomic E-state index is 12.6. The van der Waals surface area contributed by atoms with Crippen molar-refractivity contribution in [1.82, 2.24) is 25.2 Å². The van der Waals surface area contributed by atoms with E-state index in [-0.39, 0.29) is 24.6 Å². The van der Waals surface area contributed by atoms with Gasteiger partial charge in [-0.05, 0) is 46.5 Å². The van der Waals surface area contributed by atoms with Gasteiger partial charge < -0.3 is 19.7 Å². The molecule has 1 aromatic rings. The Morgan fingerprint density at radius 1 is 1.32 bits per heavy atom. The number of likely N-dealkylation sites (tertiary alicyclic amines) is 1. The second-order valence-corrected chi connectivity index (χ2v) is 8.52. The van der Waals surface area contributed by atoms with Crippen LogP contribution in [0.25, 0.3) is 0 Å². The Balaban J connectivity index is 1.49. The topological polar surface area (TPSA) is 98.6 Å². The zero-order valence-corrected chi connectivity index (χ0v) is 17.0. The van der Waals surface area contributed by atoms with Crippen LogP contribution in [0.3, 0.4) is 0 Å². The van der Waals surface area contributed by atoms with E-state index in [2.05, 4.69) is 15.6 Å². The van der Waals surface area contributed by atoms with Gasteiger partial charge in [0.25, 0.3) is 0 Å². The van der Waals surface area contributed by atoms with Gasteiger partial charge in [0.05, 0.1) is 31.3 Å². The molecule has 9 nitrogen and oxygen atoms in total. The van der Waals surface area contributed by atoms with Crippen molar-refractivity contribution >= 4 is 12.0 Å². The number of amides is 2. The third-order valence-electron chi connectivity index (χ3n) is 4.92. The Morgan fingerprint density at radius 3 is 2.86 bits per heavy atom. The van der Waals surface area contributed by atoms with Gasteiger partial charge in [-0.1, -0.05) is 5.21 Å². The van der Waals surface area contributed by atoms with E-state index < -0.39 is 11.7 Å². The zero-order valence-electron chi connectivity index (χ0n) is 17.0. The first-order chi connectivity index (χ1) is 13.3. The molecule has 0 aromatic carbocycles. The number of aromatic nitrogens is 3. The molecule has 2 atom stereocenters. The summed E-state index contributed by atoms with van der Waals surface area (Å²) >= 11 is 0. The highest BCUT2D eigenvalue weighted by atomic mass is 16.6. The van der Waals surface area contributed by atoms with Gasteiger partial charge in [-0.2, -0.15) is 0 Å². The summed E-state index contributed by atoms with van der Waals surface area (Å²) < 4.78 is 12.6. The fraction of sp³-hybridized carbons (Fsp3) is 0.789. The number of carbonyl (C=O) groups excluding carboxylic acids is 2. The zero-order chi connectivity index (χ0) is 20.1. The van der Waals surface area contributed by atoms with Crippen molar-refractivity contribution in [3.8, 4) is 0 Å². The molecule has 0 spiro atoms. The SMILES string of the molecule is CC(C)(C)OC(=O)NCc1cn(C2CCCN(C(=O)CC3CCCO3)C2)nn1. The van der Waals surface area contributed by atoms with Gasteiger partial charge in [0.15, 0.2) is 0 Å². The number of carbonyl (C=O) groups is 2. The number of nitrogens with zero attached hydrogens (tertiary/aromatic N) is 4. The first-order valence-corrected chi connectivity index (χ1v) is 10.1. The Bertz CT molecular complexity index is 678. The van der Waals surface area contributed by atoms with Crippen LogP contribution >= 0.6 is 0 Å². The first kappa shape index (κ1) is 20.6. The second kappa shape index (κ2) is 8.89. The molecule has 2 fully saturated rings. The van der Waals surface area contributed by atoms with Crippen LogP contribution in [-0.4, -0.2) is 63.3 Å². The van der Waals surface area contributed by atoms with Crippen LogP contribution < -0.4 is 5.32 Å². The van der Waals surface area contributed by atoms with Crippen molar-refractivity contribution in [2.24, 2.45) is 0 Å². The van der Waals surface area contributed by atoms with Crippen LogP contribution in [0.5, 0.6) is 0 Å². The van der Waals surface area contributed by atoms with E-state index in [1.54, 1.807) is 4.68 Å². The van der Waals surface area contributed by atoms with E-state index in [1.807, 2.05) is 31.9 Å². The van der Waals surface area contributed by atoms with Crippen LogP contribution in [0, 0.1) is 0 Å². The molecule has 2 amide bonds. The highest BCUT2D eigenvalue weighted by Gasteiger charge is 2.28. The normalized spacial score (nSPS) is 22.9. The van der Waals surface area contributed by atoms with Crippen LogP contribution in [0.1, 0.15) is 64.6 Å². The van der Waals surface area contributed by atoms with Gasteiger partial charge >= 0.3 is 6.09 Å². The lowest BCUT2D eigenvalue weighted by Gasteiger charge is -2.33. The molecular weight excluding hydrogens is 362 g/mol. The molecule has 156 valence electrons. The molecule has 0 bridgehead atoms. The predicted molar refractivity (Wildman–Crippen MR) is 102 cm³/mol. The van der Waals surface area contributed by atoms with E-state index in [0.29, 0.717) is 18.7 Å². The molecular formula is C19H31N5O4. The van der Waals surface area contributed by atoms with E-state index in [9.17, 15) is 9.59 Å². The maximum Gasteiger partial charge on any atom is 0.407 e. The minimum Gasteiger partial charge on any atom is -0.444 e. The standard InChI is InChI=1S/C19H31N5O4/c1-19(2,3)28-18(26)20-11-14-12-24(22-21-14)15-6-4-8-23(13-15)17(25)10-16-7-5-9-27-16/h12,15-16H,4-11,13H2,1-3H3,(H,20,26). The molecule has 2 aliphatic rings. The van der Waals surface area contributed by atoms with Crippen molar-refractivity contribution < 1.29 is 19.1 Å². The summed E-state index contributed by atoms with van der Waals surface area (Å²) in [5.74, 6) is 0.156. The third-order valence-corrected chi connectivity index (χ3v) is 4.92. The summed E-state index contributed by atoms with van der Waals surface area (Å²) in [5.41, 5.74) is 0.122. The van der Waals surface area contributed by atoms with Crippen LogP contribution in [0.4, 0.5) is 4.79 Å². The minimum atomic E-state index is -0.538. The lowest BCUT2D eigenvalue weighted by molar-refractivity contribution is -0.135. The smallest absolute Gasteiger partial charge is 0.407 e. The lowest BCUT2D eigenvalue weighted by atomic mass is 10.0. The molecule has 9 heteroatoms. The number of hydrogen-bond acceptors (Lipinski definition) is 6. The molecule has 1 aromatic heterocycles. The summed E-state index contributed by atoms with van der Waals surface area (Å²) in [6, 6.07) is 0.102. The molecule has 3 heterocycles. The van der Waals surface area contributed by atoms with Crippen molar-refractivity contribution in [3.63, 3.8) is 0 Å². The molecule has 3 rings (SSSR count). The van der Waals surface area contributed by atoms with Gasteiger partial charge in [-0.3, -0.25) is 4.79 Å². The van der Waals surface area contributed by atoms with E-state index in [4.69, 9.17) is 9.47 Å². The Kier molecular flexibility index (Phi) is 6.53. The monoisotopic (exact) mass is 393 g/mol. The average molecular weight is 393 g/mol. The van der Waals surface area contributed by atoms with Gasteiger partial charge in [0, 0.05) is 19.7 Å². The minimum absolute atomic E-state index is 0.0739. The number of nitrogens with one attached hydrogen (secondary N) is 1. The number of piperidine rings is 1. The third kappa shape index (κ3) is 5.92.